The Bertz CT molecular complexity index is 549. The lowest BCUT2D eigenvalue weighted by Gasteiger charge is -2.23. The number of aliphatic imine (C=N–C) groups is 1. The minimum absolute atomic E-state index is 0.0818. The Morgan fingerprint density at radius 1 is 1.42 bits per heavy atom. The van der Waals surface area contributed by atoms with E-state index in [9.17, 15) is 17.6 Å². The first kappa shape index (κ1) is 13.8. The lowest BCUT2D eigenvalue weighted by Crippen LogP contribution is -2.37. The fourth-order valence-electron chi connectivity index (χ4n) is 1.52. The first-order valence-corrected chi connectivity index (χ1v) is 5.97. The summed E-state index contributed by atoms with van der Waals surface area (Å²) in [6, 6.07) is 0. The Morgan fingerprint density at radius 3 is 2.58 bits per heavy atom. The predicted molar refractivity (Wildman–Crippen MR) is 61.5 cm³/mol. The summed E-state index contributed by atoms with van der Waals surface area (Å²) in [6.45, 7) is 1.72. The largest absolute Gasteiger partial charge is 0.482 e. The number of amidine groups is 1. The van der Waals surface area contributed by atoms with E-state index >= 15 is 0 Å². The Morgan fingerprint density at radius 2 is 2.11 bits per heavy atom. The highest BCUT2D eigenvalue weighted by Crippen LogP contribution is 2.34. The van der Waals surface area contributed by atoms with Gasteiger partial charge in [-0.05, 0) is 6.92 Å². The normalized spacial score (nSPS) is 20.1. The highest BCUT2D eigenvalue weighted by Gasteiger charge is 2.45. The number of alkyl halides is 4. The molecule has 1 aliphatic rings. The molecule has 0 spiro atoms. The molecule has 1 N–H and O–H groups in total. The Hall–Kier alpha value is -1.64. The maximum absolute atomic E-state index is 13.6. The second-order valence-corrected chi connectivity index (χ2v) is 4.70. The molecule has 9 heteroatoms. The highest BCUT2D eigenvalue weighted by molar-refractivity contribution is 7.09. The number of nitrogens with zero attached hydrogens (tertiary/aromatic N) is 2. The third-order valence-electron chi connectivity index (χ3n) is 2.33. The molecule has 4 nitrogen and oxygen atoms in total. The Balaban J connectivity index is 2.37. The molecule has 0 bridgehead atoms. The lowest BCUT2D eigenvalue weighted by atomic mass is 10.2. The number of ether oxygens (including phenoxy) is 1. The van der Waals surface area contributed by atoms with Crippen LogP contribution in [0.25, 0.3) is 0 Å². The van der Waals surface area contributed by atoms with E-state index in [2.05, 4.69) is 20.0 Å². The van der Waals surface area contributed by atoms with Gasteiger partial charge in [0.15, 0.2) is 5.84 Å². The average Bonchev–Trinajstić information content (AvgIpc) is 2.73. The van der Waals surface area contributed by atoms with Gasteiger partial charge in [-0.3, -0.25) is 0 Å². The molecule has 1 unspecified atom stereocenters. The number of hydrogen-bond donors (Lipinski definition) is 1. The van der Waals surface area contributed by atoms with Gasteiger partial charge in [0.05, 0.1) is 12.1 Å². The predicted octanol–water partition coefficient (Wildman–Crippen LogP) is 2.52. The third kappa shape index (κ3) is 2.70. The van der Waals surface area contributed by atoms with E-state index in [1.54, 1.807) is 12.3 Å². The smallest absolute Gasteiger partial charge is 0.422 e. The molecule has 0 aromatic carbocycles. The molecule has 0 saturated carbocycles. The number of methoxy groups -OCH3 is 1. The quantitative estimate of drug-likeness (QED) is 0.673. The standard InChI is InChI=1S/C10H9F4N3OS/c1-4-15-5(3-19-4)8-16-7(11)6(10(12,13)14)9(17-8)18-2/h3,7H,1-2H3,(H,16,17). The Labute approximate surface area is 109 Å². The number of thiazole rings is 1. The molecule has 1 atom stereocenters. The van der Waals surface area contributed by atoms with Crippen LogP contribution in [0.15, 0.2) is 21.8 Å². The van der Waals surface area contributed by atoms with Gasteiger partial charge in [0.2, 0.25) is 12.2 Å². The molecule has 0 amide bonds. The van der Waals surface area contributed by atoms with Crippen LogP contribution in [0.1, 0.15) is 10.7 Å². The van der Waals surface area contributed by atoms with Crippen LogP contribution in [0.4, 0.5) is 17.6 Å². The van der Waals surface area contributed by atoms with Gasteiger partial charge < -0.3 is 10.1 Å². The van der Waals surface area contributed by atoms with E-state index in [-0.39, 0.29) is 11.5 Å². The van der Waals surface area contributed by atoms with Crippen molar-refractivity contribution in [3.63, 3.8) is 0 Å². The van der Waals surface area contributed by atoms with Crippen molar-refractivity contribution in [2.75, 3.05) is 7.11 Å². The van der Waals surface area contributed by atoms with E-state index in [0.717, 1.165) is 7.11 Å². The van der Waals surface area contributed by atoms with Crippen molar-refractivity contribution in [2.45, 2.75) is 19.4 Å². The van der Waals surface area contributed by atoms with Crippen molar-refractivity contribution in [2.24, 2.45) is 4.99 Å². The fourth-order valence-corrected chi connectivity index (χ4v) is 2.12. The number of aryl methyl sites for hydroxylation is 1. The summed E-state index contributed by atoms with van der Waals surface area (Å²) in [5.74, 6) is -0.780. The molecular formula is C10H9F4N3OS. The molecule has 1 aromatic heterocycles. The van der Waals surface area contributed by atoms with Gasteiger partial charge in [-0.25, -0.2) is 14.4 Å². The van der Waals surface area contributed by atoms with Crippen LogP contribution in [0.3, 0.4) is 0 Å². The average molecular weight is 295 g/mol. The number of hydrogen-bond acceptors (Lipinski definition) is 5. The third-order valence-corrected chi connectivity index (χ3v) is 3.10. The molecule has 1 aromatic rings. The molecular weight excluding hydrogens is 286 g/mol. The van der Waals surface area contributed by atoms with Gasteiger partial charge in [-0.1, -0.05) is 0 Å². The molecule has 0 saturated heterocycles. The molecule has 0 radical (unpaired) electrons. The molecule has 1 aliphatic heterocycles. The number of aromatic nitrogens is 1. The van der Waals surface area contributed by atoms with E-state index < -0.39 is 23.9 Å². The second-order valence-electron chi connectivity index (χ2n) is 3.63. The van der Waals surface area contributed by atoms with Crippen molar-refractivity contribution < 1.29 is 22.3 Å². The van der Waals surface area contributed by atoms with E-state index in [0.29, 0.717) is 5.01 Å². The summed E-state index contributed by atoms with van der Waals surface area (Å²) in [4.78, 5) is 7.36. The summed E-state index contributed by atoms with van der Waals surface area (Å²) < 4.78 is 56.2. The van der Waals surface area contributed by atoms with Crippen LogP contribution in [0.2, 0.25) is 0 Å². The lowest BCUT2D eigenvalue weighted by molar-refractivity contribution is -0.104. The molecule has 2 rings (SSSR count). The Kier molecular flexibility index (Phi) is 3.48. The van der Waals surface area contributed by atoms with Crippen LogP contribution < -0.4 is 5.32 Å². The van der Waals surface area contributed by atoms with Crippen molar-refractivity contribution in [3.05, 3.63) is 27.5 Å². The summed E-state index contributed by atoms with van der Waals surface area (Å²) in [5.41, 5.74) is -1.20. The van der Waals surface area contributed by atoms with E-state index in [1.165, 1.54) is 11.3 Å². The summed E-state index contributed by atoms with van der Waals surface area (Å²) >= 11 is 1.28. The zero-order valence-electron chi connectivity index (χ0n) is 9.88. The monoisotopic (exact) mass is 295 g/mol. The summed E-state index contributed by atoms with van der Waals surface area (Å²) in [7, 11) is 1.02. The maximum Gasteiger partial charge on any atom is 0.422 e. The van der Waals surface area contributed by atoms with Gasteiger partial charge in [0.25, 0.3) is 0 Å². The SMILES string of the molecule is COC1=C(C(F)(F)F)C(F)N=C(c2csc(C)n2)N1. The molecule has 0 aliphatic carbocycles. The topological polar surface area (TPSA) is 46.5 Å². The summed E-state index contributed by atoms with van der Waals surface area (Å²) in [6.07, 6.45) is -7.39. The fraction of sp³-hybridized carbons (Fsp3) is 0.400. The maximum atomic E-state index is 13.6. The van der Waals surface area contributed by atoms with Crippen LogP contribution in [-0.4, -0.2) is 30.4 Å². The van der Waals surface area contributed by atoms with Crippen LogP contribution >= 0.6 is 11.3 Å². The molecule has 2 heterocycles. The number of nitrogens with one attached hydrogen (secondary N) is 1. The van der Waals surface area contributed by atoms with Crippen molar-refractivity contribution in [3.8, 4) is 0 Å². The number of rotatable bonds is 2. The first-order valence-electron chi connectivity index (χ1n) is 5.09. The van der Waals surface area contributed by atoms with Gasteiger partial charge in [0, 0.05) is 5.38 Å². The zero-order valence-corrected chi connectivity index (χ0v) is 10.7. The van der Waals surface area contributed by atoms with Gasteiger partial charge in [-0.2, -0.15) is 13.2 Å². The molecule has 0 fully saturated rings. The van der Waals surface area contributed by atoms with Gasteiger partial charge in [-0.15, -0.1) is 11.3 Å². The zero-order chi connectivity index (χ0) is 14.2. The minimum atomic E-state index is -4.86. The highest BCUT2D eigenvalue weighted by atomic mass is 32.1. The first-order chi connectivity index (χ1) is 8.82. The molecule has 19 heavy (non-hydrogen) atoms. The summed E-state index contributed by atoms with van der Waals surface area (Å²) in [5, 5.41) is 4.57. The van der Waals surface area contributed by atoms with E-state index in [1.807, 2.05) is 0 Å². The number of halogens is 4. The minimum Gasteiger partial charge on any atom is -0.482 e. The van der Waals surface area contributed by atoms with Crippen molar-refractivity contribution in [1.29, 1.82) is 0 Å². The van der Waals surface area contributed by atoms with E-state index in [4.69, 9.17) is 0 Å². The van der Waals surface area contributed by atoms with Crippen molar-refractivity contribution >= 4 is 17.2 Å². The van der Waals surface area contributed by atoms with Gasteiger partial charge >= 0.3 is 6.18 Å². The molecule has 104 valence electrons. The second kappa shape index (κ2) is 4.80. The van der Waals surface area contributed by atoms with Crippen LogP contribution in [0, 0.1) is 6.92 Å². The van der Waals surface area contributed by atoms with Crippen LogP contribution in [-0.2, 0) is 4.74 Å². The van der Waals surface area contributed by atoms with Crippen LogP contribution in [0.5, 0.6) is 0 Å². The van der Waals surface area contributed by atoms with Gasteiger partial charge in [0.1, 0.15) is 11.3 Å². The van der Waals surface area contributed by atoms with Crippen molar-refractivity contribution in [1.82, 2.24) is 10.3 Å².